The molecule has 1 aliphatic rings. The summed E-state index contributed by atoms with van der Waals surface area (Å²) in [5, 5.41) is 12.7. The lowest BCUT2D eigenvalue weighted by atomic mass is 10.3. The number of hydroxylamine groups is 2. The number of nitrogens with one attached hydrogen (secondary N) is 1. The molecule has 7 heteroatoms. The Balaban J connectivity index is 0.00000128. The predicted molar refractivity (Wildman–Crippen MR) is 60.3 cm³/mol. The number of rotatable bonds is 1. The number of nitrogens with zero attached hydrogens (tertiary/aromatic N) is 2. The van der Waals surface area contributed by atoms with Crippen LogP contribution in [0.5, 0.6) is 0 Å². The second-order valence-corrected chi connectivity index (χ2v) is 3.06. The molecule has 0 bridgehead atoms. The summed E-state index contributed by atoms with van der Waals surface area (Å²) >= 11 is 0. The van der Waals surface area contributed by atoms with Crippen LogP contribution in [0.4, 0.5) is 14.5 Å². The molecule has 0 spiro atoms. The van der Waals surface area contributed by atoms with Crippen molar-refractivity contribution in [3.63, 3.8) is 0 Å². The largest absolute Gasteiger partial charge is 0.352 e. The number of aliphatic imine (C=N–C) groups is 1. The van der Waals surface area contributed by atoms with Gasteiger partial charge in [-0.25, -0.2) is 18.8 Å². The molecule has 0 amide bonds. The third-order valence-corrected chi connectivity index (χ3v) is 2.01. The fourth-order valence-corrected chi connectivity index (χ4v) is 1.27. The molecular weight excluding hydrogens is 284 g/mol. The highest BCUT2D eigenvalue weighted by Crippen LogP contribution is 2.21. The van der Waals surface area contributed by atoms with Crippen LogP contribution in [0.2, 0.25) is 0 Å². The van der Waals surface area contributed by atoms with Gasteiger partial charge in [0, 0.05) is 6.54 Å². The van der Waals surface area contributed by atoms with Crippen molar-refractivity contribution < 1.29 is 14.0 Å². The van der Waals surface area contributed by atoms with E-state index >= 15 is 0 Å². The number of guanidine groups is 1. The molecule has 1 aromatic rings. The van der Waals surface area contributed by atoms with Crippen LogP contribution in [0.1, 0.15) is 0 Å². The van der Waals surface area contributed by atoms with Crippen LogP contribution >= 0.6 is 17.0 Å². The van der Waals surface area contributed by atoms with E-state index in [9.17, 15) is 14.0 Å². The fraction of sp³-hybridized carbons (Fsp3) is 0.222. The molecule has 0 aliphatic carbocycles. The third kappa shape index (κ3) is 2.48. The van der Waals surface area contributed by atoms with Gasteiger partial charge in [0.2, 0.25) is 5.96 Å². The molecule has 1 heterocycles. The summed E-state index contributed by atoms with van der Waals surface area (Å²) < 4.78 is 26.3. The van der Waals surface area contributed by atoms with Crippen LogP contribution in [0.3, 0.4) is 0 Å². The van der Waals surface area contributed by atoms with Crippen LogP contribution in [0.25, 0.3) is 0 Å². The zero-order valence-corrected chi connectivity index (χ0v) is 9.87. The van der Waals surface area contributed by atoms with Crippen molar-refractivity contribution in [2.75, 3.05) is 13.1 Å². The molecule has 0 radical (unpaired) electrons. The molecule has 88 valence electrons. The Morgan fingerprint density at radius 3 is 2.44 bits per heavy atom. The lowest BCUT2D eigenvalue weighted by molar-refractivity contribution is -0.00128. The van der Waals surface area contributed by atoms with E-state index in [1.807, 2.05) is 0 Å². The van der Waals surface area contributed by atoms with Gasteiger partial charge >= 0.3 is 0 Å². The maximum absolute atomic E-state index is 13.2. The van der Waals surface area contributed by atoms with Gasteiger partial charge in [0.05, 0.1) is 6.54 Å². The number of benzene rings is 1. The Labute approximate surface area is 101 Å². The van der Waals surface area contributed by atoms with E-state index in [1.165, 1.54) is 6.07 Å². The highest BCUT2D eigenvalue weighted by molar-refractivity contribution is 8.93. The second-order valence-electron chi connectivity index (χ2n) is 3.06. The lowest BCUT2D eigenvalue weighted by Crippen LogP contribution is -2.26. The maximum atomic E-state index is 13.2. The molecule has 0 aromatic heterocycles. The van der Waals surface area contributed by atoms with E-state index < -0.39 is 17.3 Å². The van der Waals surface area contributed by atoms with E-state index in [0.29, 0.717) is 13.1 Å². The Kier molecular flexibility index (Phi) is 4.19. The van der Waals surface area contributed by atoms with E-state index in [2.05, 4.69) is 10.3 Å². The normalized spacial score (nSPS) is 17.2. The molecule has 1 fully saturated rings. The SMILES string of the molecule is Br.ON1CCN/C1=N\c1c(F)cccc1F. The van der Waals surface area contributed by atoms with Crippen LogP contribution in [-0.4, -0.2) is 29.3 Å². The molecular formula is C9H10BrF2N3O. The monoisotopic (exact) mass is 293 g/mol. The van der Waals surface area contributed by atoms with E-state index in [-0.39, 0.29) is 22.9 Å². The Morgan fingerprint density at radius 1 is 1.31 bits per heavy atom. The number of hydrogen-bond acceptors (Lipinski definition) is 2. The summed E-state index contributed by atoms with van der Waals surface area (Å²) in [6.07, 6.45) is 0. The topological polar surface area (TPSA) is 47.9 Å². The van der Waals surface area contributed by atoms with Crippen LogP contribution in [-0.2, 0) is 0 Å². The minimum Gasteiger partial charge on any atom is -0.352 e. The molecule has 2 rings (SSSR count). The van der Waals surface area contributed by atoms with Gasteiger partial charge in [-0.05, 0) is 12.1 Å². The highest BCUT2D eigenvalue weighted by Gasteiger charge is 2.17. The zero-order valence-electron chi connectivity index (χ0n) is 8.15. The maximum Gasteiger partial charge on any atom is 0.223 e. The molecule has 1 aliphatic heterocycles. The van der Waals surface area contributed by atoms with Gasteiger partial charge in [-0.3, -0.25) is 5.21 Å². The third-order valence-electron chi connectivity index (χ3n) is 2.01. The summed E-state index contributed by atoms with van der Waals surface area (Å²) in [5.74, 6) is -1.46. The van der Waals surface area contributed by atoms with E-state index in [0.717, 1.165) is 17.2 Å². The predicted octanol–water partition coefficient (Wildman–Crippen LogP) is 1.82. The van der Waals surface area contributed by atoms with Gasteiger partial charge in [0.15, 0.2) is 11.6 Å². The van der Waals surface area contributed by atoms with Crippen molar-refractivity contribution >= 4 is 28.6 Å². The average Bonchev–Trinajstić information content (AvgIpc) is 2.58. The molecule has 0 saturated carbocycles. The molecule has 1 aromatic carbocycles. The smallest absolute Gasteiger partial charge is 0.223 e. The minimum absolute atomic E-state index is 0. The first-order valence-electron chi connectivity index (χ1n) is 4.41. The van der Waals surface area contributed by atoms with Crippen molar-refractivity contribution in [2.24, 2.45) is 4.99 Å². The van der Waals surface area contributed by atoms with Crippen molar-refractivity contribution in [3.8, 4) is 0 Å². The Bertz CT molecular complexity index is 393. The van der Waals surface area contributed by atoms with E-state index in [4.69, 9.17) is 0 Å². The molecule has 2 N–H and O–H groups in total. The van der Waals surface area contributed by atoms with E-state index in [1.54, 1.807) is 0 Å². The molecule has 16 heavy (non-hydrogen) atoms. The Morgan fingerprint density at radius 2 is 1.94 bits per heavy atom. The highest BCUT2D eigenvalue weighted by atomic mass is 79.9. The first kappa shape index (κ1) is 12.9. The molecule has 4 nitrogen and oxygen atoms in total. The van der Waals surface area contributed by atoms with Crippen LogP contribution in [0.15, 0.2) is 23.2 Å². The first-order valence-corrected chi connectivity index (χ1v) is 4.41. The quantitative estimate of drug-likeness (QED) is 0.830. The summed E-state index contributed by atoms with van der Waals surface area (Å²) in [6, 6.07) is 3.48. The van der Waals surface area contributed by atoms with Crippen LogP contribution in [0, 0.1) is 11.6 Å². The lowest BCUT2D eigenvalue weighted by Gasteiger charge is -2.08. The number of para-hydroxylation sites is 1. The van der Waals surface area contributed by atoms with Gasteiger partial charge in [0.25, 0.3) is 0 Å². The van der Waals surface area contributed by atoms with Gasteiger partial charge in [0.1, 0.15) is 5.69 Å². The number of hydrogen-bond donors (Lipinski definition) is 2. The summed E-state index contributed by atoms with van der Waals surface area (Å²) in [6.45, 7) is 0.834. The fourth-order valence-electron chi connectivity index (χ4n) is 1.27. The second kappa shape index (κ2) is 5.22. The molecule has 0 atom stereocenters. The standard InChI is InChI=1S/C9H9F2N3O.BrH/c10-6-2-1-3-7(11)8(6)13-9-12-4-5-14(9)15;/h1-3,15H,4-5H2,(H,12,13);1H. The zero-order chi connectivity index (χ0) is 10.8. The van der Waals surface area contributed by atoms with Crippen molar-refractivity contribution in [1.29, 1.82) is 0 Å². The van der Waals surface area contributed by atoms with Gasteiger partial charge < -0.3 is 5.32 Å². The van der Waals surface area contributed by atoms with Crippen molar-refractivity contribution in [3.05, 3.63) is 29.8 Å². The number of halogens is 3. The average molecular weight is 294 g/mol. The first-order chi connectivity index (χ1) is 7.18. The van der Waals surface area contributed by atoms with Crippen molar-refractivity contribution in [1.82, 2.24) is 10.4 Å². The summed E-state index contributed by atoms with van der Waals surface area (Å²) in [7, 11) is 0. The minimum atomic E-state index is -0.760. The van der Waals surface area contributed by atoms with Crippen LogP contribution < -0.4 is 5.32 Å². The Hall–Kier alpha value is -1.21. The van der Waals surface area contributed by atoms with Crippen molar-refractivity contribution in [2.45, 2.75) is 0 Å². The summed E-state index contributed by atoms with van der Waals surface area (Å²) in [4.78, 5) is 3.67. The summed E-state index contributed by atoms with van der Waals surface area (Å²) in [5.41, 5.74) is -0.402. The van der Waals surface area contributed by atoms with Gasteiger partial charge in [-0.15, -0.1) is 17.0 Å². The molecule has 1 saturated heterocycles. The van der Waals surface area contributed by atoms with Gasteiger partial charge in [-0.2, -0.15) is 0 Å². The molecule has 0 unspecified atom stereocenters. The van der Waals surface area contributed by atoms with Gasteiger partial charge in [-0.1, -0.05) is 6.07 Å².